The first-order valence-electron chi connectivity index (χ1n) is 6.09. The minimum Gasteiger partial charge on any atom is -0.231 e. The van der Waals surface area contributed by atoms with Crippen molar-refractivity contribution < 1.29 is 44.4 Å². The maximum absolute atomic E-state index is 13.5. The number of alkyl halides is 5. The third kappa shape index (κ3) is 3.31. The number of halogens is 9. The Morgan fingerprint density at radius 3 is 1.91 bits per heavy atom. The van der Waals surface area contributed by atoms with E-state index < -0.39 is 52.6 Å². The summed E-state index contributed by atoms with van der Waals surface area (Å²) in [6.45, 7) is 0.510. The van der Waals surface area contributed by atoms with Crippen molar-refractivity contribution in [3.05, 3.63) is 29.3 Å². The molecular formula is C12H11F9N+. The largest absolute Gasteiger partial charge is 0.515 e. The Kier molecular flexibility index (Phi) is 5.37. The summed E-state index contributed by atoms with van der Waals surface area (Å²) in [6, 6.07) is -5.70. The highest BCUT2D eigenvalue weighted by Gasteiger charge is 2.67. The second kappa shape index (κ2) is 6.35. The smallest absolute Gasteiger partial charge is 0.231 e. The summed E-state index contributed by atoms with van der Waals surface area (Å²) in [5.74, 6) is -9.07. The average molecular weight is 340 g/mol. The van der Waals surface area contributed by atoms with Crippen LogP contribution in [0.1, 0.15) is 19.8 Å². The standard InChI is InChI=1S/C12H10F9N/c1-2-3-4-22(12(20,21)11(17,18)19)7-5-6(13)8(14)10(16)9(7)15/h5H,2-4H2,1H3/p+1. The molecule has 1 unspecified atom stereocenters. The zero-order chi connectivity index (χ0) is 17.3. The number of hydrogen-bond donors (Lipinski definition) is 1. The van der Waals surface area contributed by atoms with Crippen molar-refractivity contribution in [1.82, 2.24) is 0 Å². The van der Waals surface area contributed by atoms with E-state index in [9.17, 15) is 39.5 Å². The van der Waals surface area contributed by atoms with Gasteiger partial charge in [0.15, 0.2) is 17.3 Å². The third-order valence-electron chi connectivity index (χ3n) is 2.94. The molecule has 0 aliphatic heterocycles. The fourth-order valence-corrected chi connectivity index (χ4v) is 1.78. The van der Waals surface area contributed by atoms with Gasteiger partial charge in [-0.1, -0.05) is 13.3 Å². The molecule has 1 atom stereocenters. The number of unbranched alkanes of at least 4 members (excludes halogenated alkanes) is 1. The number of benzene rings is 1. The quantitative estimate of drug-likeness (QED) is 0.361. The molecule has 22 heavy (non-hydrogen) atoms. The molecule has 0 fully saturated rings. The lowest BCUT2D eigenvalue weighted by molar-refractivity contribution is -0.951. The molecule has 0 radical (unpaired) electrons. The van der Waals surface area contributed by atoms with Gasteiger partial charge in [-0.15, -0.1) is 8.78 Å². The minimum atomic E-state index is -6.08. The van der Waals surface area contributed by atoms with Crippen molar-refractivity contribution in [3.63, 3.8) is 0 Å². The Labute approximate surface area is 119 Å². The third-order valence-corrected chi connectivity index (χ3v) is 2.94. The molecule has 0 amide bonds. The van der Waals surface area contributed by atoms with Crippen LogP contribution in [-0.2, 0) is 0 Å². The van der Waals surface area contributed by atoms with Crippen LogP contribution in [0.2, 0.25) is 0 Å². The van der Waals surface area contributed by atoms with Crippen LogP contribution in [0.15, 0.2) is 6.07 Å². The fraction of sp³-hybridized carbons (Fsp3) is 0.500. The lowest BCUT2D eigenvalue weighted by Crippen LogP contribution is -3.16. The van der Waals surface area contributed by atoms with Crippen LogP contribution in [0.3, 0.4) is 0 Å². The van der Waals surface area contributed by atoms with Gasteiger partial charge in [-0.05, 0) is 6.42 Å². The summed E-state index contributed by atoms with van der Waals surface area (Å²) in [7, 11) is 0. The van der Waals surface area contributed by atoms with Crippen LogP contribution in [0.25, 0.3) is 0 Å². The molecule has 0 bridgehead atoms. The highest BCUT2D eigenvalue weighted by atomic mass is 19.4. The predicted molar refractivity (Wildman–Crippen MR) is 57.7 cm³/mol. The van der Waals surface area contributed by atoms with Gasteiger partial charge < -0.3 is 0 Å². The first kappa shape index (κ1) is 18.6. The summed E-state index contributed by atoms with van der Waals surface area (Å²) in [5, 5.41) is 0. The summed E-state index contributed by atoms with van der Waals surface area (Å²) in [5.41, 5.74) is -1.62. The van der Waals surface area contributed by atoms with E-state index in [-0.39, 0.29) is 18.9 Å². The highest BCUT2D eigenvalue weighted by Crippen LogP contribution is 2.33. The molecule has 0 heterocycles. The van der Waals surface area contributed by atoms with Gasteiger partial charge >= 0.3 is 12.2 Å². The number of rotatable bonds is 5. The maximum atomic E-state index is 13.5. The Bertz CT molecular complexity index is 538. The summed E-state index contributed by atoms with van der Waals surface area (Å²) < 4.78 is 117. The zero-order valence-electron chi connectivity index (χ0n) is 11.1. The lowest BCUT2D eigenvalue weighted by Gasteiger charge is -2.28. The van der Waals surface area contributed by atoms with E-state index in [1.54, 1.807) is 0 Å². The van der Waals surface area contributed by atoms with E-state index in [0.29, 0.717) is 0 Å². The number of quaternary nitrogens is 1. The van der Waals surface area contributed by atoms with Crippen molar-refractivity contribution in [1.29, 1.82) is 0 Å². The molecule has 1 rings (SSSR count). The van der Waals surface area contributed by atoms with Crippen molar-refractivity contribution in [3.8, 4) is 0 Å². The number of hydrogen-bond acceptors (Lipinski definition) is 0. The van der Waals surface area contributed by atoms with Crippen molar-refractivity contribution in [2.45, 2.75) is 32.0 Å². The van der Waals surface area contributed by atoms with E-state index in [2.05, 4.69) is 0 Å². The SMILES string of the molecule is CCCC[NH+](c1cc(F)c(F)c(F)c1F)C(F)(F)C(F)(F)F. The molecule has 1 nitrogen and oxygen atoms in total. The molecule has 0 saturated carbocycles. The van der Waals surface area contributed by atoms with Crippen LogP contribution in [0.5, 0.6) is 0 Å². The second-order valence-electron chi connectivity index (χ2n) is 4.50. The van der Waals surface area contributed by atoms with E-state index in [4.69, 9.17) is 0 Å². The topological polar surface area (TPSA) is 4.44 Å². The summed E-state index contributed by atoms with van der Waals surface area (Å²) >= 11 is 0. The second-order valence-corrected chi connectivity index (χ2v) is 4.50. The van der Waals surface area contributed by atoms with Gasteiger partial charge in [0, 0.05) is 6.07 Å². The van der Waals surface area contributed by atoms with Crippen LogP contribution < -0.4 is 4.90 Å². The molecule has 0 saturated heterocycles. The van der Waals surface area contributed by atoms with E-state index in [1.807, 2.05) is 0 Å². The first-order chi connectivity index (χ1) is 9.95. The van der Waals surface area contributed by atoms with E-state index in [0.717, 1.165) is 0 Å². The number of nitrogens with one attached hydrogen (secondary N) is 1. The average Bonchev–Trinajstić information content (AvgIpc) is 2.40. The molecule has 1 aromatic rings. The zero-order valence-corrected chi connectivity index (χ0v) is 11.1. The Morgan fingerprint density at radius 1 is 0.909 bits per heavy atom. The first-order valence-corrected chi connectivity index (χ1v) is 6.09. The molecule has 0 aliphatic carbocycles. The van der Waals surface area contributed by atoms with Gasteiger partial charge in [0.2, 0.25) is 11.6 Å². The van der Waals surface area contributed by atoms with Crippen molar-refractivity contribution in [2.75, 3.05) is 6.54 Å². The van der Waals surface area contributed by atoms with E-state index in [1.165, 1.54) is 6.92 Å². The lowest BCUT2D eigenvalue weighted by atomic mass is 10.2. The van der Waals surface area contributed by atoms with Crippen LogP contribution in [0.4, 0.5) is 45.2 Å². The molecule has 10 heteroatoms. The van der Waals surface area contributed by atoms with Crippen molar-refractivity contribution >= 4 is 5.69 Å². The van der Waals surface area contributed by atoms with Gasteiger partial charge in [-0.3, -0.25) is 0 Å². The summed E-state index contributed by atoms with van der Waals surface area (Å²) in [4.78, 5) is -1.84. The molecule has 0 aliphatic rings. The fourth-order valence-electron chi connectivity index (χ4n) is 1.78. The molecule has 1 N–H and O–H groups in total. The Morgan fingerprint density at radius 2 is 1.45 bits per heavy atom. The van der Waals surface area contributed by atoms with Gasteiger partial charge in [0.1, 0.15) is 0 Å². The molecule has 0 spiro atoms. The maximum Gasteiger partial charge on any atom is 0.515 e. The van der Waals surface area contributed by atoms with Gasteiger partial charge in [0.25, 0.3) is 0 Å². The van der Waals surface area contributed by atoms with Gasteiger partial charge in [-0.25, -0.2) is 18.1 Å². The normalized spacial score (nSPS) is 14.3. The van der Waals surface area contributed by atoms with Gasteiger partial charge in [0.05, 0.1) is 6.54 Å². The van der Waals surface area contributed by atoms with Crippen LogP contribution >= 0.6 is 0 Å². The van der Waals surface area contributed by atoms with Gasteiger partial charge in [-0.2, -0.15) is 17.6 Å². The summed E-state index contributed by atoms with van der Waals surface area (Å²) in [6.07, 6.45) is -6.11. The van der Waals surface area contributed by atoms with Crippen molar-refractivity contribution in [2.24, 2.45) is 0 Å². The van der Waals surface area contributed by atoms with Crippen LogP contribution in [-0.4, -0.2) is 18.8 Å². The Balaban J connectivity index is 3.48. The molecule has 0 aromatic heterocycles. The molecule has 1 aromatic carbocycles. The Hall–Kier alpha value is -1.45. The molecular weight excluding hydrogens is 329 g/mol. The minimum absolute atomic E-state index is 0.172. The highest BCUT2D eigenvalue weighted by molar-refractivity contribution is 5.33. The predicted octanol–water partition coefficient (Wildman–Crippen LogP) is 3.71. The van der Waals surface area contributed by atoms with E-state index >= 15 is 0 Å². The van der Waals surface area contributed by atoms with Crippen LogP contribution in [0, 0.1) is 23.3 Å². The molecule has 126 valence electrons. The monoisotopic (exact) mass is 340 g/mol.